The number of rotatable bonds is 6. The molecule has 0 amide bonds. The van der Waals surface area contributed by atoms with Gasteiger partial charge in [-0.1, -0.05) is 12.2 Å². The van der Waals surface area contributed by atoms with E-state index in [9.17, 15) is 33.6 Å². The van der Waals surface area contributed by atoms with Crippen LogP contribution >= 0.6 is 0 Å². The molecule has 12 nitrogen and oxygen atoms in total. The lowest BCUT2D eigenvalue weighted by Gasteiger charge is -2.25. The number of hydrogen-bond donors (Lipinski definition) is 0. The molecule has 2 aliphatic rings. The van der Waals surface area contributed by atoms with Gasteiger partial charge in [0.05, 0.1) is 11.5 Å². The van der Waals surface area contributed by atoms with Crippen molar-refractivity contribution in [1.29, 1.82) is 0 Å². The number of carbonyl (C=O) groups excluding carboxylic acids is 7. The Kier molecular flexibility index (Phi) is 7.66. The van der Waals surface area contributed by atoms with E-state index >= 15 is 0 Å². The SMILES string of the molecule is CC(=O)OCC1C(=O)OC(=O)C1C1C=CCC(=O)c2c1cc(OC(C)=O)c(OC(C)=O)c2OC(C)=O. The van der Waals surface area contributed by atoms with E-state index in [1.54, 1.807) is 0 Å². The predicted molar refractivity (Wildman–Crippen MR) is 116 cm³/mol. The summed E-state index contributed by atoms with van der Waals surface area (Å²) in [6.45, 7) is 3.83. The number of cyclic esters (lactones) is 2. The van der Waals surface area contributed by atoms with Gasteiger partial charge in [-0.15, -0.1) is 0 Å². The number of ether oxygens (including phenoxy) is 5. The molecule has 3 rings (SSSR count). The molecular weight excluding hydrogens is 480 g/mol. The average molecular weight is 502 g/mol. The fourth-order valence-corrected chi connectivity index (χ4v) is 4.07. The lowest BCUT2D eigenvalue weighted by Crippen LogP contribution is -2.29. The Balaban J connectivity index is 2.30. The second-order valence-corrected chi connectivity index (χ2v) is 8.03. The van der Waals surface area contributed by atoms with Crippen LogP contribution in [0, 0.1) is 11.8 Å². The maximum atomic E-state index is 13.1. The minimum Gasteiger partial charge on any atom is -0.465 e. The summed E-state index contributed by atoms with van der Waals surface area (Å²) in [5.74, 6) is -10.5. The highest BCUT2D eigenvalue weighted by molar-refractivity contribution is 6.05. The van der Waals surface area contributed by atoms with Crippen molar-refractivity contribution in [1.82, 2.24) is 0 Å². The van der Waals surface area contributed by atoms with Crippen LogP contribution in [0.2, 0.25) is 0 Å². The minimum absolute atomic E-state index is 0.0432. The molecule has 3 unspecified atom stereocenters. The molecule has 0 N–H and O–H groups in total. The van der Waals surface area contributed by atoms with Gasteiger partial charge in [-0.3, -0.25) is 33.6 Å². The molecule has 1 heterocycles. The molecule has 0 saturated carbocycles. The van der Waals surface area contributed by atoms with Gasteiger partial charge in [0.25, 0.3) is 0 Å². The topological polar surface area (TPSA) is 166 Å². The molecule has 3 atom stereocenters. The first kappa shape index (κ1) is 26.3. The maximum Gasteiger partial charge on any atom is 0.320 e. The van der Waals surface area contributed by atoms with Gasteiger partial charge in [0.15, 0.2) is 17.3 Å². The van der Waals surface area contributed by atoms with E-state index in [0.29, 0.717) is 0 Å². The molecule has 1 aromatic rings. The summed E-state index contributed by atoms with van der Waals surface area (Å²) < 4.78 is 25.3. The molecule has 1 aliphatic carbocycles. The van der Waals surface area contributed by atoms with Crippen molar-refractivity contribution in [2.75, 3.05) is 6.61 Å². The van der Waals surface area contributed by atoms with Crippen LogP contribution in [0.4, 0.5) is 0 Å². The van der Waals surface area contributed by atoms with Crippen LogP contribution in [0.3, 0.4) is 0 Å². The molecule has 0 spiro atoms. The van der Waals surface area contributed by atoms with Crippen LogP contribution in [-0.4, -0.2) is 48.2 Å². The van der Waals surface area contributed by atoms with E-state index < -0.39 is 77.5 Å². The van der Waals surface area contributed by atoms with E-state index in [-0.39, 0.29) is 23.3 Å². The van der Waals surface area contributed by atoms with Crippen LogP contribution in [0.25, 0.3) is 0 Å². The van der Waals surface area contributed by atoms with Crippen molar-refractivity contribution in [3.63, 3.8) is 0 Å². The highest BCUT2D eigenvalue weighted by Crippen LogP contribution is 2.49. The van der Waals surface area contributed by atoms with Gasteiger partial charge in [-0.05, 0) is 11.6 Å². The highest BCUT2D eigenvalue weighted by Gasteiger charge is 2.50. The zero-order chi connectivity index (χ0) is 26.7. The van der Waals surface area contributed by atoms with Crippen molar-refractivity contribution in [2.24, 2.45) is 11.8 Å². The fourth-order valence-electron chi connectivity index (χ4n) is 4.07. The van der Waals surface area contributed by atoms with Gasteiger partial charge < -0.3 is 23.7 Å². The highest BCUT2D eigenvalue weighted by atomic mass is 16.6. The van der Waals surface area contributed by atoms with Crippen LogP contribution < -0.4 is 14.2 Å². The molecule has 1 saturated heterocycles. The number of esters is 6. The zero-order valence-corrected chi connectivity index (χ0v) is 19.8. The molecule has 1 fully saturated rings. The Morgan fingerprint density at radius 1 is 0.861 bits per heavy atom. The van der Waals surface area contributed by atoms with Gasteiger partial charge in [0, 0.05) is 40.0 Å². The Morgan fingerprint density at radius 2 is 1.47 bits per heavy atom. The summed E-state index contributed by atoms with van der Waals surface area (Å²) in [4.78, 5) is 85.1. The number of benzene rings is 1. The van der Waals surface area contributed by atoms with Crippen molar-refractivity contribution < 1.29 is 57.2 Å². The first-order valence-corrected chi connectivity index (χ1v) is 10.8. The summed E-state index contributed by atoms with van der Waals surface area (Å²) in [6, 6.07) is 1.19. The van der Waals surface area contributed by atoms with Crippen LogP contribution in [0.5, 0.6) is 17.2 Å². The second kappa shape index (κ2) is 10.5. The van der Waals surface area contributed by atoms with Gasteiger partial charge in [-0.25, -0.2) is 0 Å². The summed E-state index contributed by atoms with van der Waals surface area (Å²) in [7, 11) is 0. The van der Waals surface area contributed by atoms with E-state index in [0.717, 1.165) is 27.7 Å². The van der Waals surface area contributed by atoms with E-state index in [2.05, 4.69) is 0 Å². The molecule has 36 heavy (non-hydrogen) atoms. The van der Waals surface area contributed by atoms with E-state index in [1.165, 1.54) is 18.2 Å². The Hall–Kier alpha value is -4.35. The fraction of sp³-hybridized carbons (Fsp3) is 0.375. The third kappa shape index (κ3) is 5.48. The number of hydrogen-bond acceptors (Lipinski definition) is 12. The first-order chi connectivity index (χ1) is 16.9. The van der Waals surface area contributed by atoms with Crippen molar-refractivity contribution in [3.05, 3.63) is 29.3 Å². The quantitative estimate of drug-likeness (QED) is 0.239. The monoisotopic (exact) mass is 502 g/mol. The largest absolute Gasteiger partial charge is 0.465 e. The Labute approximate surface area is 204 Å². The van der Waals surface area contributed by atoms with Gasteiger partial charge >= 0.3 is 35.8 Å². The van der Waals surface area contributed by atoms with Gasteiger partial charge in [0.1, 0.15) is 12.5 Å². The van der Waals surface area contributed by atoms with E-state index in [1.807, 2.05) is 0 Å². The summed E-state index contributed by atoms with van der Waals surface area (Å²) in [6.07, 6.45) is 2.73. The van der Waals surface area contributed by atoms with Crippen LogP contribution in [0.1, 0.15) is 56.0 Å². The molecule has 1 aliphatic heterocycles. The summed E-state index contributed by atoms with van der Waals surface area (Å²) >= 11 is 0. The number of carbonyl (C=O) groups is 7. The number of fused-ring (bicyclic) bond motifs is 1. The first-order valence-electron chi connectivity index (χ1n) is 10.8. The number of allylic oxidation sites excluding steroid dienone is 2. The van der Waals surface area contributed by atoms with Crippen molar-refractivity contribution >= 4 is 41.6 Å². The molecule has 12 heteroatoms. The van der Waals surface area contributed by atoms with Gasteiger partial charge in [0.2, 0.25) is 5.75 Å². The average Bonchev–Trinajstić information content (AvgIpc) is 2.92. The predicted octanol–water partition coefficient (Wildman–Crippen LogP) is 1.57. The number of Topliss-reactive ketones (excluding diaryl/α,β-unsaturated/α-hetero) is 1. The van der Waals surface area contributed by atoms with E-state index in [4.69, 9.17) is 23.7 Å². The Morgan fingerprint density at radius 3 is 2.06 bits per heavy atom. The van der Waals surface area contributed by atoms with Crippen molar-refractivity contribution in [2.45, 2.75) is 40.0 Å². The molecule has 190 valence electrons. The third-order valence-corrected chi connectivity index (χ3v) is 5.32. The van der Waals surface area contributed by atoms with Crippen LogP contribution in [0.15, 0.2) is 18.2 Å². The minimum atomic E-state index is -1.24. The van der Waals surface area contributed by atoms with Gasteiger partial charge in [-0.2, -0.15) is 0 Å². The molecule has 0 aromatic heterocycles. The lowest BCUT2D eigenvalue weighted by atomic mass is 9.77. The maximum absolute atomic E-state index is 13.1. The molecular formula is C24H22O12. The third-order valence-electron chi connectivity index (χ3n) is 5.32. The van der Waals surface area contributed by atoms with Crippen molar-refractivity contribution in [3.8, 4) is 17.2 Å². The molecule has 1 aromatic carbocycles. The zero-order valence-electron chi connectivity index (χ0n) is 19.8. The standard InChI is InChI=1S/C24H22O12/c1-10(25)32-9-16-19(24(31)36-23(16)30)14-6-5-7-17(29)20-15(14)8-18(33-11(2)26)21(34-12(3)27)22(20)35-13(4)28/h5-6,8,14,16,19H,7,9H2,1-4H3. The molecule has 0 radical (unpaired) electrons. The second-order valence-electron chi connectivity index (χ2n) is 8.03. The Bertz CT molecular complexity index is 1210. The number of ketones is 1. The summed E-state index contributed by atoms with van der Waals surface area (Å²) in [5.41, 5.74) is -0.174. The summed E-state index contributed by atoms with van der Waals surface area (Å²) in [5, 5.41) is 0. The smallest absolute Gasteiger partial charge is 0.320 e. The molecule has 0 bridgehead atoms. The lowest BCUT2D eigenvalue weighted by molar-refractivity contribution is -0.154. The normalized spacial score (nSPS) is 20.7. The van der Waals surface area contributed by atoms with Crippen LogP contribution in [-0.2, 0) is 38.2 Å².